The lowest BCUT2D eigenvalue weighted by atomic mass is 10.1. The van der Waals surface area contributed by atoms with E-state index in [4.69, 9.17) is 5.11 Å². The number of carboxylic acid groups (broad SMARTS) is 1. The van der Waals surface area contributed by atoms with Crippen molar-refractivity contribution in [2.45, 2.75) is 31.0 Å². The molecule has 0 spiro atoms. The predicted octanol–water partition coefficient (Wildman–Crippen LogP) is 0.707. The molecule has 0 bridgehead atoms. The summed E-state index contributed by atoms with van der Waals surface area (Å²) in [5.41, 5.74) is 0. The van der Waals surface area contributed by atoms with Crippen LogP contribution in [0.2, 0.25) is 0 Å². The molecule has 0 aromatic heterocycles. The minimum Gasteiger partial charge on any atom is -0.480 e. The molecule has 20 heavy (non-hydrogen) atoms. The molecule has 11 heteroatoms. The Kier molecular flexibility index (Phi) is 5.85. The van der Waals surface area contributed by atoms with E-state index in [2.05, 4.69) is 4.74 Å². The van der Waals surface area contributed by atoms with Gasteiger partial charge >= 0.3 is 29.9 Å². The first-order valence-electron chi connectivity index (χ1n) is 4.98. The Balaban J connectivity index is 4.81. The molecular weight excluding hydrogens is 297 g/mol. The number of carbonyl (C=O) groups is 3. The third-order valence-electron chi connectivity index (χ3n) is 2.11. The van der Waals surface area contributed by atoms with Gasteiger partial charge in [-0.05, 0) is 6.42 Å². The highest BCUT2D eigenvalue weighted by Gasteiger charge is 2.63. The van der Waals surface area contributed by atoms with E-state index in [1.165, 1.54) is 0 Å². The van der Waals surface area contributed by atoms with Gasteiger partial charge in [0, 0.05) is 6.42 Å². The molecule has 0 saturated heterocycles. The zero-order chi connectivity index (χ0) is 16.1. The maximum absolute atomic E-state index is 12.6. The number of amides is 1. The predicted molar refractivity (Wildman–Crippen MR) is 51.8 cm³/mol. The average molecular weight is 307 g/mol. The van der Waals surface area contributed by atoms with Crippen molar-refractivity contribution in [1.82, 2.24) is 5.32 Å². The molecule has 0 heterocycles. The summed E-state index contributed by atoms with van der Waals surface area (Å²) in [7, 11) is 0.967. The van der Waals surface area contributed by atoms with Crippen molar-refractivity contribution in [2.75, 3.05) is 7.11 Å². The highest BCUT2D eigenvalue weighted by Crippen LogP contribution is 2.35. The van der Waals surface area contributed by atoms with Crippen molar-refractivity contribution in [3.63, 3.8) is 0 Å². The molecule has 0 aliphatic carbocycles. The molecular formula is C9H10F5NO5. The molecule has 0 aliphatic heterocycles. The number of carbonyl (C=O) groups excluding carboxylic acids is 2. The van der Waals surface area contributed by atoms with E-state index in [-0.39, 0.29) is 0 Å². The number of esters is 1. The van der Waals surface area contributed by atoms with E-state index < -0.39 is 48.8 Å². The molecule has 0 aromatic carbocycles. The quantitative estimate of drug-likeness (QED) is 0.557. The number of methoxy groups -OCH3 is 1. The average Bonchev–Trinajstić information content (AvgIpc) is 2.31. The second-order valence-corrected chi connectivity index (χ2v) is 3.55. The molecule has 0 rings (SSSR count). The first-order valence-corrected chi connectivity index (χ1v) is 4.98. The van der Waals surface area contributed by atoms with E-state index in [9.17, 15) is 36.3 Å². The van der Waals surface area contributed by atoms with Gasteiger partial charge in [0.05, 0.1) is 7.11 Å². The number of hydrogen-bond donors (Lipinski definition) is 2. The number of carboxylic acids is 1. The van der Waals surface area contributed by atoms with Gasteiger partial charge in [-0.1, -0.05) is 0 Å². The Morgan fingerprint density at radius 1 is 1.20 bits per heavy atom. The van der Waals surface area contributed by atoms with Crippen LogP contribution in [0.15, 0.2) is 0 Å². The monoisotopic (exact) mass is 307 g/mol. The zero-order valence-electron chi connectivity index (χ0n) is 9.96. The van der Waals surface area contributed by atoms with Crippen molar-refractivity contribution in [1.29, 1.82) is 0 Å². The molecule has 2 N–H and O–H groups in total. The van der Waals surface area contributed by atoms with Gasteiger partial charge in [-0.3, -0.25) is 9.59 Å². The van der Waals surface area contributed by atoms with E-state index in [0.29, 0.717) is 0 Å². The van der Waals surface area contributed by atoms with Crippen molar-refractivity contribution in [3.05, 3.63) is 0 Å². The first-order chi connectivity index (χ1) is 8.93. The third-order valence-corrected chi connectivity index (χ3v) is 2.11. The number of ether oxygens (including phenoxy) is 1. The fourth-order valence-electron chi connectivity index (χ4n) is 0.999. The molecule has 0 radical (unpaired) electrons. The minimum atomic E-state index is -6.15. The van der Waals surface area contributed by atoms with Crippen molar-refractivity contribution in [2.24, 2.45) is 0 Å². The van der Waals surface area contributed by atoms with Crippen LogP contribution in [0.3, 0.4) is 0 Å². The second-order valence-electron chi connectivity index (χ2n) is 3.55. The van der Waals surface area contributed by atoms with E-state index in [1.54, 1.807) is 0 Å². The normalized spacial score (nSPS) is 13.5. The van der Waals surface area contributed by atoms with Crippen LogP contribution < -0.4 is 5.32 Å². The topological polar surface area (TPSA) is 92.7 Å². The van der Waals surface area contributed by atoms with Crippen LogP contribution in [0.1, 0.15) is 12.8 Å². The van der Waals surface area contributed by atoms with Gasteiger partial charge in [-0.15, -0.1) is 0 Å². The lowest BCUT2D eigenvalue weighted by molar-refractivity contribution is -0.270. The SMILES string of the molecule is COC(=O)CC[C@H](NC(=O)C(F)(F)C(F)(F)F)C(=O)O. The van der Waals surface area contributed by atoms with Crippen LogP contribution in [0.4, 0.5) is 22.0 Å². The number of aliphatic carboxylic acids is 1. The molecule has 0 fully saturated rings. The fraction of sp³-hybridized carbons (Fsp3) is 0.667. The minimum absolute atomic E-state index is 0.578. The molecule has 0 aromatic rings. The van der Waals surface area contributed by atoms with Crippen molar-refractivity contribution < 1.29 is 46.2 Å². The maximum Gasteiger partial charge on any atom is 0.463 e. The molecule has 1 amide bonds. The summed E-state index contributed by atoms with van der Waals surface area (Å²) in [6.07, 6.45) is -7.42. The van der Waals surface area contributed by atoms with Crippen LogP contribution in [-0.4, -0.2) is 48.2 Å². The van der Waals surface area contributed by atoms with E-state index in [1.807, 2.05) is 0 Å². The van der Waals surface area contributed by atoms with Gasteiger partial charge in [0.2, 0.25) is 0 Å². The maximum atomic E-state index is 12.6. The van der Waals surface area contributed by atoms with Gasteiger partial charge in [0.1, 0.15) is 6.04 Å². The van der Waals surface area contributed by atoms with Gasteiger partial charge in [0.25, 0.3) is 0 Å². The Hall–Kier alpha value is -1.94. The van der Waals surface area contributed by atoms with Crippen LogP contribution in [0, 0.1) is 0 Å². The van der Waals surface area contributed by atoms with Crippen LogP contribution in [0.25, 0.3) is 0 Å². The van der Waals surface area contributed by atoms with Crippen LogP contribution in [0.5, 0.6) is 0 Å². The lowest BCUT2D eigenvalue weighted by Gasteiger charge is -2.21. The molecule has 1 atom stereocenters. The lowest BCUT2D eigenvalue weighted by Crippen LogP contribution is -2.54. The van der Waals surface area contributed by atoms with Gasteiger partial charge < -0.3 is 15.2 Å². The molecule has 0 aliphatic rings. The van der Waals surface area contributed by atoms with Gasteiger partial charge in [0.15, 0.2) is 0 Å². The zero-order valence-corrected chi connectivity index (χ0v) is 9.96. The van der Waals surface area contributed by atoms with E-state index in [0.717, 1.165) is 12.4 Å². The largest absolute Gasteiger partial charge is 0.480 e. The first kappa shape index (κ1) is 18.1. The molecule has 0 unspecified atom stereocenters. The van der Waals surface area contributed by atoms with Crippen molar-refractivity contribution >= 4 is 17.8 Å². The summed E-state index contributed by atoms with van der Waals surface area (Å²) in [4.78, 5) is 32.1. The summed E-state index contributed by atoms with van der Waals surface area (Å²) in [6, 6.07) is -2.07. The highest BCUT2D eigenvalue weighted by atomic mass is 19.4. The molecule has 116 valence electrons. The van der Waals surface area contributed by atoms with Gasteiger partial charge in [-0.2, -0.15) is 22.0 Å². The second kappa shape index (κ2) is 6.48. The third kappa shape index (κ3) is 4.63. The fourth-order valence-corrected chi connectivity index (χ4v) is 0.999. The summed E-state index contributed by atoms with van der Waals surface area (Å²) < 4.78 is 64.9. The summed E-state index contributed by atoms with van der Waals surface area (Å²) in [6.45, 7) is 0. The van der Waals surface area contributed by atoms with Crippen LogP contribution in [-0.2, 0) is 19.1 Å². The number of nitrogens with one attached hydrogen (secondary N) is 1. The van der Waals surface area contributed by atoms with Crippen LogP contribution >= 0.6 is 0 Å². The summed E-state index contributed by atoms with van der Waals surface area (Å²) in [5, 5.41) is 9.61. The number of halogens is 5. The van der Waals surface area contributed by atoms with Crippen molar-refractivity contribution in [3.8, 4) is 0 Å². The number of hydrogen-bond acceptors (Lipinski definition) is 4. The Morgan fingerprint density at radius 3 is 2.05 bits per heavy atom. The van der Waals surface area contributed by atoms with Gasteiger partial charge in [-0.25, -0.2) is 4.79 Å². The Bertz CT molecular complexity index is 395. The molecule has 6 nitrogen and oxygen atoms in total. The Morgan fingerprint density at radius 2 is 1.70 bits per heavy atom. The standard InChI is InChI=1S/C9H10F5NO5/c1-20-5(16)3-2-4(6(17)18)15-7(19)8(10,11)9(12,13)14/h4H,2-3H2,1H3,(H,15,19)(H,17,18)/t4-/m0/s1. The molecule has 0 saturated carbocycles. The summed E-state index contributed by atoms with van der Waals surface area (Å²) in [5.74, 6) is -11.3. The number of alkyl halides is 5. The van der Waals surface area contributed by atoms with E-state index >= 15 is 0 Å². The Labute approximate surface area is 108 Å². The smallest absolute Gasteiger partial charge is 0.463 e. The highest BCUT2D eigenvalue weighted by molar-refractivity contribution is 5.88. The summed E-state index contributed by atoms with van der Waals surface area (Å²) >= 11 is 0. The number of rotatable bonds is 6.